The molecule has 0 N–H and O–H groups in total. The Morgan fingerprint density at radius 2 is 2.36 bits per heavy atom. The molecule has 0 saturated carbocycles. The van der Waals surface area contributed by atoms with Crippen molar-refractivity contribution in [1.82, 2.24) is 9.78 Å². The third kappa shape index (κ3) is 2.73. The molecule has 0 bridgehead atoms. The van der Waals surface area contributed by atoms with E-state index in [1.54, 1.807) is 17.8 Å². The molecular formula is C10H14N2O2. The van der Waals surface area contributed by atoms with E-state index in [0.717, 1.165) is 11.4 Å². The lowest BCUT2D eigenvalue weighted by Gasteiger charge is -1.96. The zero-order chi connectivity index (χ0) is 10.6. The zero-order valence-electron chi connectivity index (χ0n) is 8.65. The molecule has 4 heteroatoms. The molecule has 0 spiro atoms. The second kappa shape index (κ2) is 4.60. The third-order valence-corrected chi connectivity index (χ3v) is 1.68. The van der Waals surface area contributed by atoms with Gasteiger partial charge in [0.1, 0.15) is 0 Å². The van der Waals surface area contributed by atoms with Crippen molar-refractivity contribution in [3.63, 3.8) is 0 Å². The Balaban J connectivity index is 2.68. The van der Waals surface area contributed by atoms with Crippen molar-refractivity contribution < 1.29 is 9.53 Å². The summed E-state index contributed by atoms with van der Waals surface area (Å²) in [6.45, 7) is 5.99. The van der Waals surface area contributed by atoms with E-state index in [0.29, 0.717) is 6.61 Å². The van der Waals surface area contributed by atoms with E-state index >= 15 is 0 Å². The number of hydrogen-bond acceptors (Lipinski definition) is 3. The first-order valence-electron chi connectivity index (χ1n) is 4.51. The monoisotopic (exact) mass is 194 g/mol. The largest absolute Gasteiger partial charge is 0.463 e. The molecule has 0 aromatic carbocycles. The van der Waals surface area contributed by atoms with Crippen LogP contribution in [0, 0.1) is 13.8 Å². The van der Waals surface area contributed by atoms with Gasteiger partial charge in [-0.1, -0.05) is 0 Å². The topological polar surface area (TPSA) is 44.1 Å². The van der Waals surface area contributed by atoms with Gasteiger partial charge in [0.2, 0.25) is 0 Å². The molecule has 0 aliphatic carbocycles. The summed E-state index contributed by atoms with van der Waals surface area (Å²) >= 11 is 0. The first-order chi connectivity index (χ1) is 6.63. The van der Waals surface area contributed by atoms with Gasteiger partial charge in [-0.25, -0.2) is 9.48 Å². The highest BCUT2D eigenvalue weighted by molar-refractivity contribution is 5.84. The molecule has 1 heterocycles. The summed E-state index contributed by atoms with van der Waals surface area (Å²) < 4.78 is 6.39. The van der Waals surface area contributed by atoms with E-state index in [1.165, 1.54) is 6.08 Å². The van der Waals surface area contributed by atoms with Crippen molar-refractivity contribution in [3.8, 4) is 0 Å². The molecule has 0 saturated heterocycles. The standard InChI is InChI=1S/C10H14N2O2/c1-4-14-10(13)5-6-12-9(3)7-8(2)11-12/h5-7H,4H2,1-3H3. The molecule has 0 fully saturated rings. The average Bonchev–Trinajstić information content (AvgIpc) is 2.42. The Labute approximate surface area is 83.2 Å². The highest BCUT2D eigenvalue weighted by Crippen LogP contribution is 2.01. The van der Waals surface area contributed by atoms with Gasteiger partial charge in [0, 0.05) is 18.0 Å². The van der Waals surface area contributed by atoms with Crippen LogP contribution in [0.2, 0.25) is 0 Å². The Morgan fingerprint density at radius 3 is 2.86 bits per heavy atom. The predicted octanol–water partition coefficient (Wildman–Crippen LogP) is 1.53. The van der Waals surface area contributed by atoms with Crippen molar-refractivity contribution in [2.75, 3.05) is 6.61 Å². The van der Waals surface area contributed by atoms with Crippen LogP contribution in [0.25, 0.3) is 6.20 Å². The Kier molecular flexibility index (Phi) is 3.45. The maximum Gasteiger partial charge on any atom is 0.332 e. The number of rotatable bonds is 3. The Morgan fingerprint density at radius 1 is 1.64 bits per heavy atom. The summed E-state index contributed by atoms with van der Waals surface area (Å²) in [5.41, 5.74) is 1.92. The molecule has 0 amide bonds. The first-order valence-corrected chi connectivity index (χ1v) is 4.51. The molecule has 0 radical (unpaired) electrons. The van der Waals surface area contributed by atoms with Gasteiger partial charge in [0.25, 0.3) is 0 Å². The fourth-order valence-electron chi connectivity index (χ4n) is 1.12. The van der Waals surface area contributed by atoms with Gasteiger partial charge < -0.3 is 4.74 Å². The van der Waals surface area contributed by atoms with E-state index in [1.807, 2.05) is 19.9 Å². The molecule has 1 rings (SSSR count). The van der Waals surface area contributed by atoms with Crippen LogP contribution >= 0.6 is 0 Å². The number of aryl methyl sites for hydroxylation is 2. The normalized spacial score (nSPS) is 10.8. The Hall–Kier alpha value is -1.58. The maximum absolute atomic E-state index is 11.0. The molecule has 0 aliphatic heterocycles. The van der Waals surface area contributed by atoms with Gasteiger partial charge >= 0.3 is 5.97 Å². The van der Waals surface area contributed by atoms with E-state index in [9.17, 15) is 4.79 Å². The van der Waals surface area contributed by atoms with Crippen LogP contribution in [0.1, 0.15) is 18.3 Å². The molecule has 1 aromatic rings. The summed E-state index contributed by atoms with van der Waals surface area (Å²) in [5.74, 6) is -0.347. The molecule has 1 aromatic heterocycles. The van der Waals surface area contributed by atoms with Crippen LogP contribution in [0.4, 0.5) is 0 Å². The van der Waals surface area contributed by atoms with E-state index in [2.05, 4.69) is 5.10 Å². The van der Waals surface area contributed by atoms with Crippen LogP contribution in [-0.4, -0.2) is 22.4 Å². The number of aromatic nitrogens is 2. The second-order valence-electron chi connectivity index (χ2n) is 2.94. The lowest BCUT2D eigenvalue weighted by Crippen LogP contribution is -2.00. The van der Waals surface area contributed by atoms with Crippen LogP contribution in [-0.2, 0) is 9.53 Å². The summed E-state index contributed by atoms with van der Waals surface area (Å²) in [4.78, 5) is 11.0. The zero-order valence-corrected chi connectivity index (χ0v) is 8.65. The first kappa shape index (κ1) is 10.5. The molecule has 0 aliphatic rings. The van der Waals surface area contributed by atoms with E-state index < -0.39 is 0 Å². The maximum atomic E-state index is 11.0. The molecule has 14 heavy (non-hydrogen) atoms. The predicted molar refractivity (Wildman–Crippen MR) is 53.7 cm³/mol. The molecule has 0 unspecified atom stereocenters. The molecule has 76 valence electrons. The number of nitrogens with zero attached hydrogens (tertiary/aromatic N) is 2. The summed E-state index contributed by atoms with van der Waals surface area (Å²) in [7, 11) is 0. The van der Waals surface area contributed by atoms with Gasteiger partial charge in [0.15, 0.2) is 0 Å². The van der Waals surface area contributed by atoms with Crippen LogP contribution in [0.5, 0.6) is 0 Å². The van der Waals surface area contributed by atoms with Crippen molar-refractivity contribution in [2.24, 2.45) is 0 Å². The van der Waals surface area contributed by atoms with Gasteiger partial charge in [-0.05, 0) is 26.8 Å². The number of ether oxygens (including phenoxy) is 1. The van der Waals surface area contributed by atoms with Crippen LogP contribution in [0.3, 0.4) is 0 Å². The van der Waals surface area contributed by atoms with Gasteiger partial charge in [-0.15, -0.1) is 0 Å². The number of carbonyl (C=O) groups is 1. The lowest BCUT2D eigenvalue weighted by molar-refractivity contribution is -0.137. The number of hydrogen-bond donors (Lipinski definition) is 0. The van der Waals surface area contributed by atoms with Crippen molar-refractivity contribution in [3.05, 3.63) is 23.5 Å². The van der Waals surface area contributed by atoms with Crippen molar-refractivity contribution >= 4 is 12.2 Å². The summed E-state index contributed by atoms with van der Waals surface area (Å²) in [6.07, 6.45) is 2.96. The fourth-order valence-corrected chi connectivity index (χ4v) is 1.12. The van der Waals surface area contributed by atoms with Gasteiger partial charge in [0.05, 0.1) is 12.3 Å². The van der Waals surface area contributed by atoms with E-state index in [-0.39, 0.29) is 5.97 Å². The molecular weight excluding hydrogens is 180 g/mol. The van der Waals surface area contributed by atoms with Crippen molar-refractivity contribution in [2.45, 2.75) is 20.8 Å². The fraction of sp³-hybridized carbons (Fsp3) is 0.400. The minimum atomic E-state index is -0.347. The SMILES string of the molecule is CCOC(=O)C=Cn1nc(C)cc1C. The highest BCUT2D eigenvalue weighted by Gasteiger charge is 1.98. The summed E-state index contributed by atoms with van der Waals surface area (Å²) in [5, 5.41) is 4.16. The van der Waals surface area contributed by atoms with Crippen LogP contribution < -0.4 is 0 Å². The lowest BCUT2D eigenvalue weighted by atomic mass is 10.4. The average molecular weight is 194 g/mol. The Bertz CT molecular complexity index is 353. The van der Waals surface area contributed by atoms with Crippen molar-refractivity contribution in [1.29, 1.82) is 0 Å². The quantitative estimate of drug-likeness (QED) is 0.541. The molecule has 0 atom stereocenters. The minimum absolute atomic E-state index is 0.347. The smallest absolute Gasteiger partial charge is 0.332 e. The number of esters is 1. The third-order valence-electron chi connectivity index (χ3n) is 1.68. The highest BCUT2D eigenvalue weighted by atomic mass is 16.5. The molecule has 4 nitrogen and oxygen atoms in total. The van der Waals surface area contributed by atoms with E-state index in [4.69, 9.17) is 4.74 Å². The number of carbonyl (C=O) groups excluding carboxylic acids is 1. The second-order valence-corrected chi connectivity index (χ2v) is 2.94. The van der Waals surface area contributed by atoms with Gasteiger partial charge in [-0.3, -0.25) is 0 Å². The van der Waals surface area contributed by atoms with Crippen LogP contribution in [0.15, 0.2) is 12.1 Å². The van der Waals surface area contributed by atoms with Gasteiger partial charge in [-0.2, -0.15) is 5.10 Å². The summed E-state index contributed by atoms with van der Waals surface area (Å²) in [6, 6.07) is 1.94. The minimum Gasteiger partial charge on any atom is -0.463 e.